The Bertz CT molecular complexity index is 276. The highest BCUT2D eigenvalue weighted by molar-refractivity contribution is 7.99. The largest absolute Gasteiger partial charge is 0.481 e. The van der Waals surface area contributed by atoms with Gasteiger partial charge < -0.3 is 14.6 Å². The Morgan fingerprint density at radius 3 is 3.06 bits per heavy atom. The fourth-order valence-electron chi connectivity index (χ4n) is 2.34. The maximum absolute atomic E-state index is 10.8. The highest BCUT2D eigenvalue weighted by Crippen LogP contribution is 2.37. The Labute approximate surface area is 106 Å². The van der Waals surface area contributed by atoms with Gasteiger partial charge in [0.25, 0.3) is 0 Å². The number of carboxylic acid groups (broad SMARTS) is 1. The van der Waals surface area contributed by atoms with Gasteiger partial charge in [-0.1, -0.05) is 6.92 Å². The van der Waals surface area contributed by atoms with Gasteiger partial charge >= 0.3 is 5.97 Å². The van der Waals surface area contributed by atoms with Crippen molar-refractivity contribution in [1.29, 1.82) is 0 Å². The summed E-state index contributed by atoms with van der Waals surface area (Å²) in [6.45, 7) is 4.05. The molecule has 0 aliphatic carbocycles. The van der Waals surface area contributed by atoms with Crippen molar-refractivity contribution >= 4 is 17.7 Å². The summed E-state index contributed by atoms with van der Waals surface area (Å²) in [5.41, 5.74) is -0.0671. The van der Waals surface area contributed by atoms with Crippen LogP contribution in [-0.4, -0.2) is 47.5 Å². The minimum atomic E-state index is -0.705. The molecular formula is C12H20O4S. The SMILES string of the molecule is CC(CSC1CCOC2(CCOC2)C1)C(=O)O. The summed E-state index contributed by atoms with van der Waals surface area (Å²) in [5, 5.41) is 9.38. The molecule has 0 amide bonds. The lowest BCUT2D eigenvalue weighted by Gasteiger charge is -2.37. The van der Waals surface area contributed by atoms with E-state index in [1.54, 1.807) is 18.7 Å². The molecule has 2 rings (SSSR count). The molecule has 2 aliphatic rings. The molecular weight excluding hydrogens is 240 g/mol. The Balaban J connectivity index is 1.79. The third-order valence-corrected chi connectivity index (χ3v) is 5.08. The first-order valence-corrected chi connectivity index (χ1v) is 7.22. The van der Waals surface area contributed by atoms with Gasteiger partial charge in [0, 0.05) is 30.6 Å². The van der Waals surface area contributed by atoms with E-state index in [1.807, 2.05) is 0 Å². The van der Waals surface area contributed by atoms with E-state index >= 15 is 0 Å². The van der Waals surface area contributed by atoms with Gasteiger partial charge in [0.15, 0.2) is 0 Å². The maximum Gasteiger partial charge on any atom is 0.307 e. The lowest BCUT2D eigenvalue weighted by atomic mass is 9.93. The van der Waals surface area contributed by atoms with E-state index in [0.717, 1.165) is 32.5 Å². The Morgan fingerprint density at radius 1 is 1.59 bits per heavy atom. The number of carboxylic acids is 1. The van der Waals surface area contributed by atoms with Crippen molar-refractivity contribution in [3.8, 4) is 0 Å². The van der Waals surface area contributed by atoms with Gasteiger partial charge in [0.05, 0.1) is 18.1 Å². The molecule has 5 heteroatoms. The van der Waals surface area contributed by atoms with Crippen LogP contribution in [0, 0.1) is 5.92 Å². The molecule has 2 heterocycles. The fraction of sp³-hybridized carbons (Fsp3) is 0.917. The average molecular weight is 260 g/mol. The zero-order chi connectivity index (χ0) is 12.3. The van der Waals surface area contributed by atoms with Crippen LogP contribution in [0.2, 0.25) is 0 Å². The van der Waals surface area contributed by atoms with E-state index in [-0.39, 0.29) is 11.5 Å². The highest BCUT2D eigenvalue weighted by atomic mass is 32.2. The molecule has 0 saturated carbocycles. The molecule has 2 fully saturated rings. The number of hydrogen-bond acceptors (Lipinski definition) is 4. The number of aliphatic carboxylic acids is 1. The molecule has 98 valence electrons. The summed E-state index contributed by atoms with van der Waals surface area (Å²) >= 11 is 1.78. The topological polar surface area (TPSA) is 55.8 Å². The lowest BCUT2D eigenvalue weighted by Crippen LogP contribution is -2.41. The molecule has 0 aromatic rings. The van der Waals surface area contributed by atoms with Gasteiger partial charge in [-0.05, 0) is 12.8 Å². The summed E-state index contributed by atoms with van der Waals surface area (Å²) in [5.74, 6) is -0.279. The number of ether oxygens (including phenoxy) is 2. The molecule has 3 unspecified atom stereocenters. The van der Waals surface area contributed by atoms with Crippen LogP contribution >= 0.6 is 11.8 Å². The van der Waals surface area contributed by atoms with Crippen LogP contribution in [-0.2, 0) is 14.3 Å². The number of rotatable bonds is 4. The summed E-state index contributed by atoms with van der Waals surface area (Å²) in [6, 6.07) is 0. The summed E-state index contributed by atoms with van der Waals surface area (Å²) in [7, 11) is 0. The second-order valence-corrected chi connectivity index (χ2v) is 6.35. The summed E-state index contributed by atoms with van der Waals surface area (Å²) in [6.07, 6.45) is 3.02. The van der Waals surface area contributed by atoms with E-state index in [0.29, 0.717) is 17.6 Å². The van der Waals surface area contributed by atoms with Crippen LogP contribution in [0.5, 0.6) is 0 Å². The van der Waals surface area contributed by atoms with Gasteiger partial charge in [-0.15, -0.1) is 0 Å². The number of carbonyl (C=O) groups is 1. The molecule has 2 aliphatic heterocycles. The minimum absolute atomic E-state index is 0.0671. The summed E-state index contributed by atoms with van der Waals surface area (Å²) < 4.78 is 11.3. The van der Waals surface area contributed by atoms with Gasteiger partial charge in [-0.25, -0.2) is 0 Å². The Kier molecular flexibility index (Phi) is 4.33. The maximum atomic E-state index is 10.8. The standard InChI is InChI=1S/C12H20O4S/c1-9(11(13)14)7-17-10-2-4-16-12(6-10)3-5-15-8-12/h9-10H,2-8H2,1H3,(H,13,14). The fourth-order valence-corrected chi connectivity index (χ4v) is 3.73. The van der Waals surface area contributed by atoms with Crippen molar-refractivity contribution in [3.63, 3.8) is 0 Å². The van der Waals surface area contributed by atoms with E-state index in [4.69, 9.17) is 14.6 Å². The molecule has 2 saturated heterocycles. The molecule has 0 bridgehead atoms. The van der Waals surface area contributed by atoms with Crippen LogP contribution in [0.25, 0.3) is 0 Å². The molecule has 17 heavy (non-hydrogen) atoms. The van der Waals surface area contributed by atoms with E-state index < -0.39 is 5.97 Å². The van der Waals surface area contributed by atoms with Crippen molar-refractivity contribution in [3.05, 3.63) is 0 Å². The second kappa shape index (κ2) is 5.59. The quantitative estimate of drug-likeness (QED) is 0.835. The highest BCUT2D eigenvalue weighted by Gasteiger charge is 2.41. The zero-order valence-electron chi connectivity index (χ0n) is 10.2. The number of thioether (sulfide) groups is 1. The zero-order valence-corrected chi connectivity index (χ0v) is 11.0. The minimum Gasteiger partial charge on any atom is -0.481 e. The Hall–Kier alpha value is -0.260. The molecule has 0 radical (unpaired) electrons. The average Bonchev–Trinajstić information content (AvgIpc) is 2.74. The first-order chi connectivity index (χ1) is 8.11. The predicted molar refractivity (Wildman–Crippen MR) is 66.4 cm³/mol. The van der Waals surface area contributed by atoms with Crippen molar-refractivity contribution in [2.45, 2.75) is 37.0 Å². The monoisotopic (exact) mass is 260 g/mol. The van der Waals surface area contributed by atoms with Gasteiger partial charge in [0.2, 0.25) is 0 Å². The summed E-state index contributed by atoms with van der Waals surface area (Å²) in [4.78, 5) is 10.8. The predicted octanol–water partition coefficient (Wildman–Crippen LogP) is 1.78. The molecule has 0 aromatic heterocycles. The molecule has 3 atom stereocenters. The smallest absolute Gasteiger partial charge is 0.307 e. The second-order valence-electron chi connectivity index (χ2n) is 5.02. The third kappa shape index (κ3) is 3.36. The van der Waals surface area contributed by atoms with Gasteiger partial charge in [-0.2, -0.15) is 11.8 Å². The number of hydrogen-bond donors (Lipinski definition) is 1. The lowest BCUT2D eigenvalue weighted by molar-refractivity contribution is -0.140. The first-order valence-electron chi connectivity index (χ1n) is 6.17. The van der Waals surface area contributed by atoms with Crippen LogP contribution < -0.4 is 0 Å². The van der Waals surface area contributed by atoms with E-state index in [2.05, 4.69) is 0 Å². The van der Waals surface area contributed by atoms with Crippen molar-refractivity contribution < 1.29 is 19.4 Å². The third-order valence-electron chi connectivity index (χ3n) is 3.52. The molecule has 0 aromatic carbocycles. The molecule has 1 spiro atoms. The first kappa shape index (κ1) is 13.2. The van der Waals surface area contributed by atoms with Crippen LogP contribution in [0.4, 0.5) is 0 Å². The normalized spacial score (nSPS) is 35.0. The van der Waals surface area contributed by atoms with Crippen LogP contribution in [0.15, 0.2) is 0 Å². The molecule has 1 N–H and O–H groups in total. The van der Waals surface area contributed by atoms with E-state index in [9.17, 15) is 4.79 Å². The van der Waals surface area contributed by atoms with Gasteiger partial charge in [0.1, 0.15) is 0 Å². The van der Waals surface area contributed by atoms with E-state index in [1.165, 1.54) is 0 Å². The Morgan fingerprint density at radius 2 is 2.41 bits per heavy atom. The van der Waals surface area contributed by atoms with Crippen molar-refractivity contribution in [2.24, 2.45) is 5.92 Å². The van der Waals surface area contributed by atoms with Crippen LogP contribution in [0.3, 0.4) is 0 Å². The van der Waals surface area contributed by atoms with Crippen LogP contribution in [0.1, 0.15) is 26.2 Å². The van der Waals surface area contributed by atoms with Crippen molar-refractivity contribution in [1.82, 2.24) is 0 Å². The van der Waals surface area contributed by atoms with Gasteiger partial charge in [-0.3, -0.25) is 4.79 Å². The van der Waals surface area contributed by atoms with Crippen molar-refractivity contribution in [2.75, 3.05) is 25.6 Å². The molecule has 4 nitrogen and oxygen atoms in total.